The minimum absolute atomic E-state index is 0.00762. The van der Waals surface area contributed by atoms with Crippen molar-refractivity contribution in [2.75, 3.05) is 26.9 Å². The largest absolute Gasteiger partial charge is 0.482 e. The molecule has 0 aliphatic heterocycles. The molecule has 7 nitrogen and oxygen atoms in total. The molecular weight excluding hydrogens is 439 g/mol. The van der Waals surface area contributed by atoms with Gasteiger partial charge in [0, 0.05) is 18.7 Å². The zero-order chi connectivity index (χ0) is 21.4. The highest BCUT2D eigenvalue weighted by Gasteiger charge is 2.16. The fraction of sp³-hybridized carbons (Fsp3) is 0.316. The first-order valence-electron chi connectivity index (χ1n) is 8.68. The third kappa shape index (κ3) is 7.17. The number of amides is 1. The summed E-state index contributed by atoms with van der Waals surface area (Å²) in [7, 11) is -2.24. The number of carbonyl (C=O) groups excluding carboxylic acids is 1. The predicted octanol–water partition coefficient (Wildman–Crippen LogP) is 3.17. The average molecular weight is 461 g/mol. The molecule has 0 radical (unpaired) electrons. The fourth-order valence-corrected chi connectivity index (χ4v) is 3.85. The second-order valence-corrected chi connectivity index (χ2v) is 8.72. The van der Waals surface area contributed by atoms with Gasteiger partial charge in [0.25, 0.3) is 5.91 Å². The Balaban J connectivity index is 1.93. The van der Waals surface area contributed by atoms with Crippen molar-refractivity contribution in [3.05, 3.63) is 58.1 Å². The van der Waals surface area contributed by atoms with Crippen LogP contribution in [0.25, 0.3) is 0 Å². The third-order valence-electron chi connectivity index (χ3n) is 3.92. The Morgan fingerprint density at radius 1 is 1.14 bits per heavy atom. The molecule has 2 aromatic rings. The SMILES string of the molecule is COCCNS(=O)(=O)c1ccc(OCC(=O)NC(C)c2ccc(Cl)cc2)c(Cl)c1. The molecule has 1 amide bonds. The molecule has 0 saturated heterocycles. The van der Waals surface area contributed by atoms with Gasteiger partial charge in [0.1, 0.15) is 5.75 Å². The summed E-state index contributed by atoms with van der Waals surface area (Å²) in [6.07, 6.45) is 0. The Hall–Kier alpha value is -1.84. The van der Waals surface area contributed by atoms with Crippen LogP contribution < -0.4 is 14.8 Å². The molecule has 0 saturated carbocycles. The second-order valence-electron chi connectivity index (χ2n) is 6.11. The maximum Gasteiger partial charge on any atom is 0.258 e. The van der Waals surface area contributed by atoms with Gasteiger partial charge < -0.3 is 14.8 Å². The van der Waals surface area contributed by atoms with E-state index in [1.54, 1.807) is 12.1 Å². The summed E-state index contributed by atoms with van der Waals surface area (Å²) < 4.78 is 37.0. The van der Waals surface area contributed by atoms with E-state index >= 15 is 0 Å². The molecule has 0 bridgehead atoms. The number of carbonyl (C=O) groups is 1. The van der Waals surface area contributed by atoms with Gasteiger partial charge in [0.15, 0.2) is 6.61 Å². The van der Waals surface area contributed by atoms with E-state index in [-0.39, 0.29) is 47.4 Å². The van der Waals surface area contributed by atoms with E-state index in [2.05, 4.69) is 10.0 Å². The summed E-state index contributed by atoms with van der Waals surface area (Å²) in [6, 6.07) is 10.9. The van der Waals surface area contributed by atoms with Gasteiger partial charge in [-0.2, -0.15) is 0 Å². The van der Waals surface area contributed by atoms with Crippen LogP contribution in [-0.4, -0.2) is 41.2 Å². The fourth-order valence-electron chi connectivity index (χ4n) is 2.39. The lowest BCUT2D eigenvalue weighted by molar-refractivity contribution is -0.123. The molecule has 0 aromatic heterocycles. The number of hydrogen-bond acceptors (Lipinski definition) is 5. The molecule has 1 atom stereocenters. The summed E-state index contributed by atoms with van der Waals surface area (Å²) >= 11 is 12.0. The molecule has 0 spiro atoms. The normalized spacial score (nSPS) is 12.4. The first kappa shape index (κ1) is 23.4. The first-order chi connectivity index (χ1) is 13.7. The van der Waals surface area contributed by atoms with Crippen molar-refractivity contribution in [2.45, 2.75) is 17.9 Å². The first-order valence-corrected chi connectivity index (χ1v) is 10.9. The maximum atomic E-state index is 12.2. The van der Waals surface area contributed by atoms with Gasteiger partial charge >= 0.3 is 0 Å². The number of sulfonamides is 1. The molecule has 1 unspecified atom stereocenters. The minimum Gasteiger partial charge on any atom is -0.482 e. The van der Waals surface area contributed by atoms with Crippen molar-refractivity contribution in [1.82, 2.24) is 10.0 Å². The molecule has 0 heterocycles. The van der Waals surface area contributed by atoms with Crippen molar-refractivity contribution >= 4 is 39.1 Å². The van der Waals surface area contributed by atoms with E-state index in [4.69, 9.17) is 32.7 Å². The molecule has 0 aliphatic carbocycles. The minimum atomic E-state index is -3.71. The van der Waals surface area contributed by atoms with E-state index < -0.39 is 10.0 Å². The van der Waals surface area contributed by atoms with Crippen LogP contribution in [0.1, 0.15) is 18.5 Å². The van der Waals surface area contributed by atoms with Crippen LogP contribution in [0.15, 0.2) is 47.4 Å². The molecule has 158 valence electrons. The van der Waals surface area contributed by atoms with Gasteiger partial charge in [-0.3, -0.25) is 4.79 Å². The monoisotopic (exact) mass is 460 g/mol. The summed E-state index contributed by atoms with van der Waals surface area (Å²) in [6.45, 7) is 1.96. The molecule has 0 aliphatic rings. The molecule has 2 aromatic carbocycles. The lowest BCUT2D eigenvalue weighted by atomic mass is 10.1. The molecule has 2 rings (SSSR count). The Labute approximate surface area is 180 Å². The van der Waals surface area contributed by atoms with Crippen LogP contribution in [-0.2, 0) is 19.6 Å². The zero-order valence-corrected chi connectivity index (χ0v) is 18.3. The number of benzene rings is 2. The zero-order valence-electron chi connectivity index (χ0n) is 15.9. The van der Waals surface area contributed by atoms with Gasteiger partial charge in [-0.1, -0.05) is 35.3 Å². The highest BCUT2D eigenvalue weighted by molar-refractivity contribution is 7.89. The molecule has 29 heavy (non-hydrogen) atoms. The van der Waals surface area contributed by atoms with Crippen molar-refractivity contribution < 1.29 is 22.7 Å². The topological polar surface area (TPSA) is 93.7 Å². The lowest BCUT2D eigenvalue weighted by Gasteiger charge is -2.15. The second kappa shape index (κ2) is 10.8. The van der Waals surface area contributed by atoms with Crippen LogP contribution >= 0.6 is 23.2 Å². The van der Waals surface area contributed by atoms with Gasteiger partial charge in [-0.15, -0.1) is 0 Å². The standard InChI is InChI=1S/C19H22Cl2N2O5S/c1-13(14-3-5-15(20)6-4-14)23-19(24)12-28-18-8-7-16(11-17(18)21)29(25,26)22-9-10-27-2/h3-8,11,13,22H,9-10,12H2,1-2H3,(H,23,24). The van der Waals surface area contributed by atoms with Gasteiger partial charge in [0.05, 0.1) is 22.6 Å². The van der Waals surface area contributed by atoms with Crippen LogP contribution in [0.3, 0.4) is 0 Å². The molecule has 2 N–H and O–H groups in total. The number of ether oxygens (including phenoxy) is 2. The maximum absolute atomic E-state index is 12.2. The quantitative estimate of drug-likeness (QED) is 0.531. The molecule has 10 heteroatoms. The van der Waals surface area contributed by atoms with Gasteiger partial charge in [0.2, 0.25) is 10.0 Å². The Bertz CT molecular complexity index is 936. The van der Waals surface area contributed by atoms with Crippen molar-refractivity contribution in [2.24, 2.45) is 0 Å². The van der Waals surface area contributed by atoms with E-state index in [0.29, 0.717) is 5.02 Å². The highest BCUT2D eigenvalue weighted by Crippen LogP contribution is 2.27. The number of halogens is 2. The van der Waals surface area contributed by atoms with Crippen LogP contribution in [0, 0.1) is 0 Å². The number of hydrogen-bond donors (Lipinski definition) is 2. The predicted molar refractivity (Wildman–Crippen MR) is 112 cm³/mol. The van der Waals surface area contributed by atoms with Crippen LogP contribution in [0.5, 0.6) is 5.75 Å². The number of rotatable bonds is 10. The smallest absolute Gasteiger partial charge is 0.258 e. The van der Waals surface area contributed by atoms with E-state index in [9.17, 15) is 13.2 Å². The number of methoxy groups -OCH3 is 1. The Morgan fingerprint density at radius 2 is 1.83 bits per heavy atom. The van der Waals surface area contributed by atoms with Crippen molar-refractivity contribution in [1.29, 1.82) is 0 Å². The molecule has 0 fully saturated rings. The summed E-state index contributed by atoms with van der Waals surface area (Å²) in [5.41, 5.74) is 0.899. The van der Waals surface area contributed by atoms with E-state index in [1.807, 2.05) is 19.1 Å². The van der Waals surface area contributed by atoms with E-state index in [0.717, 1.165) is 5.56 Å². The highest BCUT2D eigenvalue weighted by atomic mass is 35.5. The van der Waals surface area contributed by atoms with Crippen molar-refractivity contribution in [3.63, 3.8) is 0 Å². The van der Waals surface area contributed by atoms with Crippen molar-refractivity contribution in [3.8, 4) is 5.75 Å². The molecular formula is C19H22Cl2N2O5S. The van der Waals surface area contributed by atoms with E-state index in [1.165, 1.54) is 25.3 Å². The summed E-state index contributed by atoms with van der Waals surface area (Å²) in [5, 5.41) is 3.50. The Morgan fingerprint density at radius 3 is 2.45 bits per heavy atom. The Kier molecular flexibility index (Phi) is 8.73. The lowest BCUT2D eigenvalue weighted by Crippen LogP contribution is -2.31. The summed E-state index contributed by atoms with van der Waals surface area (Å²) in [5.74, 6) is -0.141. The summed E-state index contributed by atoms with van der Waals surface area (Å²) in [4.78, 5) is 12.1. The third-order valence-corrected chi connectivity index (χ3v) is 5.92. The number of nitrogens with one attached hydrogen (secondary N) is 2. The van der Waals surface area contributed by atoms with Crippen LogP contribution in [0.4, 0.5) is 0 Å². The van der Waals surface area contributed by atoms with Gasteiger partial charge in [-0.05, 0) is 42.8 Å². The van der Waals surface area contributed by atoms with Gasteiger partial charge in [-0.25, -0.2) is 13.1 Å². The van der Waals surface area contributed by atoms with Crippen LogP contribution in [0.2, 0.25) is 10.0 Å². The average Bonchev–Trinajstić information content (AvgIpc) is 2.67.